The number of hydrogen-bond acceptors (Lipinski definition) is 0. The lowest BCUT2D eigenvalue weighted by Gasteiger charge is -2.18. The average molecular weight is 323 g/mol. The van der Waals surface area contributed by atoms with Gasteiger partial charge < -0.3 is 0 Å². The Hall–Kier alpha value is -1.82. The number of aryl methyl sites for hydroxylation is 2. The monoisotopic (exact) mass is 322 g/mol. The Kier molecular flexibility index (Phi) is 9.84. The summed E-state index contributed by atoms with van der Waals surface area (Å²) in [5.41, 5.74) is 7.03. The minimum Gasteiger partial charge on any atom is -0.103 e. The van der Waals surface area contributed by atoms with Crippen molar-refractivity contribution < 1.29 is 0 Å². The zero-order chi connectivity index (χ0) is 17.8. The fraction of sp³-hybridized carbons (Fsp3) is 0.417. The van der Waals surface area contributed by atoms with Crippen LogP contribution in [0.5, 0.6) is 0 Å². The minimum atomic E-state index is 1.08. The number of rotatable bonds is 13. The van der Waals surface area contributed by atoms with Crippen molar-refractivity contribution >= 4 is 5.57 Å². The molecule has 0 atom stereocenters. The van der Waals surface area contributed by atoms with Gasteiger partial charge in [-0.3, -0.25) is 0 Å². The van der Waals surface area contributed by atoms with E-state index in [0.717, 1.165) is 44.1 Å². The molecule has 0 unspecified atom stereocenters. The third kappa shape index (κ3) is 6.74. The van der Waals surface area contributed by atoms with E-state index in [0.29, 0.717) is 0 Å². The number of hydrogen-bond donors (Lipinski definition) is 0. The first kappa shape index (κ1) is 20.2. The molecule has 0 heteroatoms. The molecular weight excluding hydrogens is 288 g/mol. The van der Waals surface area contributed by atoms with Crippen molar-refractivity contribution in [3.05, 3.63) is 78.9 Å². The first-order valence-electron chi connectivity index (χ1n) is 9.27. The summed E-state index contributed by atoms with van der Waals surface area (Å²) in [7, 11) is 0. The number of benzene rings is 1. The predicted octanol–water partition coefficient (Wildman–Crippen LogP) is 7.25. The highest BCUT2D eigenvalue weighted by Crippen LogP contribution is 2.26. The van der Waals surface area contributed by atoms with Crippen LogP contribution in [0.25, 0.3) is 5.57 Å². The molecule has 0 heterocycles. The molecule has 0 aliphatic heterocycles. The van der Waals surface area contributed by atoms with Gasteiger partial charge in [0.25, 0.3) is 0 Å². The normalized spacial score (nSPS) is 10.4. The quantitative estimate of drug-likeness (QED) is 0.265. The van der Waals surface area contributed by atoms with Gasteiger partial charge >= 0.3 is 0 Å². The zero-order valence-electron chi connectivity index (χ0n) is 15.6. The lowest BCUT2D eigenvalue weighted by molar-refractivity contribution is 0.770. The molecule has 0 aromatic heterocycles. The summed E-state index contributed by atoms with van der Waals surface area (Å²) in [6.07, 6.45) is 16.2. The second kappa shape index (κ2) is 11.7. The highest BCUT2D eigenvalue weighted by molar-refractivity contribution is 5.64. The Morgan fingerprint density at radius 2 is 1.21 bits per heavy atom. The Balaban J connectivity index is 3.15. The Bertz CT molecular complexity index is 524. The van der Waals surface area contributed by atoms with Crippen LogP contribution in [0.2, 0.25) is 0 Å². The third-order valence-electron chi connectivity index (χ3n) is 4.47. The summed E-state index contributed by atoms with van der Waals surface area (Å²) in [4.78, 5) is 0. The topological polar surface area (TPSA) is 0 Å². The van der Waals surface area contributed by atoms with Gasteiger partial charge in [-0.2, -0.15) is 0 Å². The Labute approximate surface area is 149 Å². The van der Waals surface area contributed by atoms with Crippen molar-refractivity contribution in [2.45, 2.75) is 64.7 Å². The van der Waals surface area contributed by atoms with E-state index in [4.69, 9.17) is 0 Å². The van der Waals surface area contributed by atoms with Gasteiger partial charge in [0.2, 0.25) is 0 Å². The van der Waals surface area contributed by atoms with Gasteiger partial charge in [-0.15, -0.1) is 19.7 Å². The molecule has 0 saturated carbocycles. The van der Waals surface area contributed by atoms with Gasteiger partial charge in [0.05, 0.1) is 0 Å². The van der Waals surface area contributed by atoms with Gasteiger partial charge in [0.1, 0.15) is 0 Å². The molecule has 0 aliphatic carbocycles. The smallest absolute Gasteiger partial charge is 0.0228 e. The summed E-state index contributed by atoms with van der Waals surface area (Å²) < 4.78 is 0. The summed E-state index contributed by atoms with van der Waals surface area (Å²) in [6, 6.07) is 4.73. The van der Waals surface area contributed by atoms with Crippen LogP contribution in [0.1, 0.15) is 67.7 Å². The highest BCUT2D eigenvalue weighted by Gasteiger charge is 2.11. The van der Waals surface area contributed by atoms with E-state index in [1.807, 2.05) is 18.2 Å². The third-order valence-corrected chi connectivity index (χ3v) is 4.47. The maximum absolute atomic E-state index is 4.16. The van der Waals surface area contributed by atoms with Crippen LogP contribution < -0.4 is 0 Å². The molecule has 1 rings (SSSR count). The molecule has 0 amide bonds. The lowest BCUT2D eigenvalue weighted by Crippen LogP contribution is -2.03. The van der Waals surface area contributed by atoms with E-state index < -0.39 is 0 Å². The molecule has 0 N–H and O–H groups in total. The molecule has 0 nitrogen and oxygen atoms in total. The van der Waals surface area contributed by atoms with Crippen LogP contribution in [0.3, 0.4) is 0 Å². The largest absolute Gasteiger partial charge is 0.103 e. The molecule has 1 aromatic carbocycles. The molecule has 24 heavy (non-hydrogen) atoms. The molecule has 0 radical (unpaired) electrons. The van der Waals surface area contributed by atoms with Crippen LogP contribution >= 0.6 is 0 Å². The maximum atomic E-state index is 4.16. The molecule has 0 bridgehead atoms. The van der Waals surface area contributed by atoms with Gasteiger partial charge in [-0.05, 0) is 87.0 Å². The van der Waals surface area contributed by atoms with Crippen molar-refractivity contribution in [1.29, 1.82) is 0 Å². The van der Waals surface area contributed by atoms with E-state index in [1.165, 1.54) is 36.0 Å². The summed E-state index contributed by atoms with van der Waals surface area (Å²) in [6.45, 7) is 17.8. The molecule has 0 aliphatic rings. The van der Waals surface area contributed by atoms with Crippen LogP contribution in [0.4, 0.5) is 0 Å². The van der Waals surface area contributed by atoms with Crippen LogP contribution in [-0.2, 0) is 19.3 Å². The average Bonchev–Trinajstić information content (AvgIpc) is 2.56. The molecule has 1 aromatic rings. The molecule has 130 valence electrons. The second-order valence-electron chi connectivity index (χ2n) is 6.60. The van der Waals surface area contributed by atoms with E-state index in [-0.39, 0.29) is 0 Å². The number of unbranched alkanes of at least 4 members (excludes halogenated alkanes) is 3. The van der Waals surface area contributed by atoms with Crippen molar-refractivity contribution in [2.24, 2.45) is 0 Å². The standard InChI is InChI=1S/C24H34/c1-6-9-12-15-21-18-23(20(4)5)19-22(16-13-10-7-2)24(21)17-14-11-8-3/h6-8,18-19H,1-4,9-17H2,5H3. The lowest BCUT2D eigenvalue weighted by atomic mass is 9.87. The van der Waals surface area contributed by atoms with Gasteiger partial charge in [0.15, 0.2) is 0 Å². The second-order valence-corrected chi connectivity index (χ2v) is 6.60. The van der Waals surface area contributed by atoms with Gasteiger partial charge in [-0.25, -0.2) is 0 Å². The first-order valence-corrected chi connectivity index (χ1v) is 9.27. The van der Waals surface area contributed by atoms with Crippen molar-refractivity contribution in [3.63, 3.8) is 0 Å². The van der Waals surface area contributed by atoms with Crippen molar-refractivity contribution in [3.8, 4) is 0 Å². The predicted molar refractivity (Wildman–Crippen MR) is 111 cm³/mol. The zero-order valence-corrected chi connectivity index (χ0v) is 15.6. The SMILES string of the molecule is C=CCCCc1cc(C(=C)C)cc(CCCC=C)c1CCCC=C. The fourth-order valence-electron chi connectivity index (χ4n) is 3.11. The molecule has 0 fully saturated rings. The van der Waals surface area contributed by atoms with E-state index in [1.54, 1.807) is 5.56 Å². The van der Waals surface area contributed by atoms with Crippen LogP contribution in [0.15, 0.2) is 56.7 Å². The number of allylic oxidation sites excluding steroid dienone is 4. The van der Waals surface area contributed by atoms with Gasteiger partial charge in [0, 0.05) is 0 Å². The van der Waals surface area contributed by atoms with Crippen molar-refractivity contribution in [1.82, 2.24) is 0 Å². The summed E-state index contributed by atoms with van der Waals surface area (Å²) >= 11 is 0. The Morgan fingerprint density at radius 1 is 0.792 bits per heavy atom. The van der Waals surface area contributed by atoms with Crippen LogP contribution in [-0.4, -0.2) is 0 Å². The highest BCUT2D eigenvalue weighted by atomic mass is 14.2. The fourth-order valence-corrected chi connectivity index (χ4v) is 3.11. The first-order chi connectivity index (χ1) is 11.6. The van der Waals surface area contributed by atoms with E-state index in [9.17, 15) is 0 Å². The Morgan fingerprint density at radius 3 is 1.58 bits per heavy atom. The molecule has 0 spiro atoms. The van der Waals surface area contributed by atoms with Crippen LogP contribution in [0, 0.1) is 0 Å². The molecular formula is C24H34. The van der Waals surface area contributed by atoms with E-state index >= 15 is 0 Å². The van der Waals surface area contributed by atoms with Gasteiger partial charge in [-0.1, -0.05) is 42.5 Å². The summed E-state index contributed by atoms with van der Waals surface area (Å²) in [5.74, 6) is 0. The molecule has 0 saturated heterocycles. The maximum Gasteiger partial charge on any atom is -0.0228 e. The van der Waals surface area contributed by atoms with Crippen molar-refractivity contribution in [2.75, 3.05) is 0 Å². The summed E-state index contributed by atoms with van der Waals surface area (Å²) in [5, 5.41) is 0. The van der Waals surface area contributed by atoms with E-state index in [2.05, 4.69) is 45.4 Å². The minimum absolute atomic E-state index is 1.08.